The number of fused-ring (bicyclic) bond motifs is 4. The third kappa shape index (κ3) is 4.24. The predicted octanol–water partition coefficient (Wildman–Crippen LogP) is 3.84. The van der Waals surface area contributed by atoms with Crippen molar-refractivity contribution in [3.8, 4) is 5.75 Å². The number of carbonyl (C=O) groups is 2. The SMILES string of the molecule is CCN(CCO)CCN1C(=O)N2C(Cc3cccc(O)c3)c3[nH]c4cc(F)c(Cl)cc4c3C[C@@]2(C)C1=O. The van der Waals surface area contributed by atoms with Crippen molar-refractivity contribution in [1.29, 1.82) is 0 Å². The smallest absolute Gasteiger partial charge is 0.328 e. The first-order valence-electron chi connectivity index (χ1n) is 12.4. The molecule has 3 N–H and O–H groups in total. The number of aliphatic hydroxyl groups excluding tert-OH is 1. The number of likely N-dealkylation sites (N-methyl/N-ethyl adjacent to an activating group) is 1. The molecule has 3 aromatic rings. The van der Waals surface area contributed by atoms with Gasteiger partial charge >= 0.3 is 6.03 Å². The molecule has 0 spiro atoms. The van der Waals surface area contributed by atoms with Gasteiger partial charge in [0.25, 0.3) is 5.91 Å². The maximum absolute atomic E-state index is 14.3. The normalized spacial score (nSPS) is 21.3. The molecule has 0 aliphatic carbocycles. The number of aromatic nitrogens is 1. The first-order valence-corrected chi connectivity index (χ1v) is 12.8. The molecule has 2 atom stereocenters. The zero-order valence-corrected chi connectivity index (χ0v) is 21.6. The number of phenols is 1. The van der Waals surface area contributed by atoms with Gasteiger partial charge in [-0.25, -0.2) is 9.18 Å². The van der Waals surface area contributed by atoms with E-state index in [1.54, 1.807) is 36.1 Å². The first kappa shape index (κ1) is 25.5. The fourth-order valence-corrected chi connectivity index (χ4v) is 5.95. The van der Waals surface area contributed by atoms with Crippen LogP contribution >= 0.6 is 11.6 Å². The van der Waals surface area contributed by atoms with Gasteiger partial charge in [0.1, 0.15) is 17.1 Å². The molecule has 2 aliphatic rings. The van der Waals surface area contributed by atoms with E-state index >= 15 is 0 Å². The summed E-state index contributed by atoms with van der Waals surface area (Å²) in [6, 6.07) is 8.78. The van der Waals surface area contributed by atoms with Crippen LogP contribution in [0.3, 0.4) is 0 Å². The van der Waals surface area contributed by atoms with Crippen LogP contribution in [0.5, 0.6) is 5.75 Å². The molecule has 10 heteroatoms. The van der Waals surface area contributed by atoms with Gasteiger partial charge in [-0.1, -0.05) is 30.7 Å². The van der Waals surface area contributed by atoms with E-state index in [4.69, 9.17) is 11.6 Å². The topological polar surface area (TPSA) is 100 Å². The van der Waals surface area contributed by atoms with Crippen molar-refractivity contribution in [2.45, 2.75) is 38.3 Å². The molecule has 0 saturated carbocycles. The van der Waals surface area contributed by atoms with E-state index in [0.717, 1.165) is 22.2 Å². The summed E-state index contributed by atoms with van der Waals surface area (Å²) in [4.78, 5) is 35.9. The Morgan fingerprint density at radius 2 is 2.03 bits per heavy atom. The lowest BCUT2D eigenvalue weighted by atomic mass is 9.81. The van der Waals surface area contributed by atoms with Crippen molar-refractivity contribution >= 4 is 34.4 Å². The van der Waals surface area contributed by atoms with Crippen LogP contribution in [0.1, 0.15) is 36.7 Å². The number of hydrogen-bond donors (Lipinski definition) is 3. The fraction of sp³-hybridized carbons (Fsp3) is 0.407. The Hall–Kier alpha value is -3.14. The lowest BCUT2D eigenvalue weighted by molar-refractivity contribution is -0.133. The lowest BCUT2D eigenvalue weighted by Gasteiger charge is -2.42. The van der Waals surface area contributed by atoms with Gasteiger partial charge in [-0.05, 0) is 55.3 Å². The summed E-state index contributed by atoms with van der Waals surface area (Å²) in [7, 11) is 0. The fourth-order valence-electron chi connectivity index (χ4n) is 5.78. The van der Waals surface area contributed by atoms with Crippen LogP contribution in [0, 0.1) is 5.82 Å². The number of nitrogens with zero attached hydrogens (tertiary/aromatic N) is 3. The van der Waals surface area contributed by atoms with Gasteiger partial charge in [0, 0.05) is 42.7 Å². The van der Waals surface area contributed by atoms with Crippen molar-refractivity contribution in [1.82, 2.24) is 19.7 Å². The molecular weight excluding hydrogens is 499 g/mol. The molecule has 1 fully saturated rings. The number of aliphatic hydroxyl groups is 1. The van der Waals surface area contributed by atoms with Crippen molar-refractivity contribution in [3.63, 3.8) is 0 Å². The van der Waals surface area contributed by atoms with Crippen LogP contribution in [-0.4, -0.2) is 80.2 Å². The van der Waals surface area contributed by atoms with E-state index < -0.39 is 17.4 Å². The molecule has 1 saturated heterocycles. The number of nitrogens with one attached hydrogen (secondary N) is 1. The van der Waals surface area contributed by atoms with E-state index in [1.165, 1.54) is 11.0 Å². The quantitative estimate of drug-likeness (QED) is 0.386. The van der Waals surface area contributed by atoms with Crippen LogP contribution in [0.25, 0.3) is 10.9 Å². The average Bonchev–Trinajstić information content (AvgIpc) is 3.28. The Labute approximate surface area is 219 Å². The van der Waals surface area contributed by atoms with Gasteiger partial charge in [0.15, 0.2) is 0 Å². The zero-order valence-electron chi connectivity index (χ0n) is 20.8. The number of phenolic OH excluding ortho intramolecular Hbond substituents is 1. The van der Waals surface area contributed by atoms with E-state index in [1.807, 2.05) is 17.9 Å². The van der Waals surface area contributed by atoms with Crippen LogP contribution in [0.2, 0.25) is 5.02 Å². The molecule has 196 valence electrons. The summed E-state index contributed by atoms with van der Waals surface area (Å²) < 4.78 is 14.3. The first-order chi connectivity index (χ1) is 17.7. The molecule has 1 aromatic heterocycles. The lowest BCUT2D eigenvalue weighted by Crippen LogP contribution is -2.53. The Kier molecular flexibility index (Phi) is 6.64. The number of urea groups is 1. The number of hydrogen-bond acceptors (Lipinski definition) is 5. The van der Waals surface area contributed by atoms with Gasteiger partial charge in [-0.2, -0.15) is 0 Å². The number of H-pyrrole nitrogens is 1. The number of amides is 3. The highest BCUT2D eigenvalue weighted by Crippen LogP contribution is 2.47. The third-order valence-electron chi connectivity index (χ3n) is 7.66. The zero-order chi connectivity index (χ0) is 26.5. The van der Waals surface area contributed by atoms with E-state index in [9.17, 15) is 24.2 Å². The van der Waals surface area contributed by atoms with Gasteiger partial charge in [-0.15, -0.1) is 0 Å². The maximum Gasteiger partial charge on any atom is 0.328 e. The number of benzene rings is 2. The van der Waals surface area contributed by atoms with Crippen molar-refractivity contribution < 1.29 is 24.2 Å². The molecule has 0 bridgehead atoms. The number of aromatic amines is 1. The van der Waals surface area contributed by atoms with Gasteiger partial charge in [0.05, 0.1) is 17.7 Å². The maximum atomic E-state index is 14.3. The summed E-state index contributed by atoms with van der Waals surface area (Å²) in [5.74, 6) is -0.729. The summed E-state index contributed by atoms with van der Waals surface area (Å²) in [6.07, 6.45) is 0.606. The standard InChI is InChI=1S/C27H30ClFN4O4/c1-3-31(9-10-34)7-8-32-25(36)27(2)15-19-18-13-20(28)21(29)14-22(18)30-24(19)23(33(27)26(32)37)12-16-5-4-6-17(35)11-16/h4-6,11,13-14,23,30,34-35H,3,7-10,12,15H2,1-2H3/t23?,27-/m0/s1. The average molecular weight is 529 g/mol. The molecule has 37 heavy (non-hydrogen) atoms. The highest BCUT2D eigenvalue weighted by atomic mass is 35.5. The number of halogens is 2. The summed E-state index contributed by atoms with van der Waals surface area (Å²) in [5.41, 5.74) is 1.77. The number of rotatable bonds is 8. The predicted molar refractivity (Wildman–Crippen MR) is 138 cm³/mol. The summed E-state index contributed by atoms with van der Waals surface area (Å²) in [5, 5.41) is 20.1. The van der Waals surface area contributed by atoms with Crippen LogP contribution in [0.4, 0.5) is 9.18 Å². The van der Waals surface area contributed by atoms with E-state index in [0.29, 0.717) is 31.6 Å². The Balaban J connectivity index is 1.59. The second-order valence-corrected chi connectivity index (χ2v) is 10.3. The summed E-state index contributed by atoms with van der Waals surface area (Å²) >= 11 is 6.12. The Bertz CT molecular complexity index is 1380. The second kappa shape index (κ2) is 9.63. The van der Waals surface area contributed by atoms with E-state index in [2.05, 4.69) is 4.98 Å². The minimum absolute atomic E-state index is 0.00353. The van der Waals surface area contributed by atoms with Crippen molar-refractivity contribution in [2.24, 2.45) is 0 Å². The van der Waals surface area contributed by atoms with Gasteiger partial charge in [0.2, 0.25) is 0 Å². The largest absolute Gasteiger partial charge is 0.508 e. The molecule has 2 aliphatic heterocycles. The Morgan fingerprint density at radius 1 is 1.24 bits per heavy atom. The molecule has 3 amide bonds. The number of imide groups is 1. The van der Waals surface area contributed by atoms with Crippen molar-refractivity contribution in [3.05, 3.63) is 64.1 Å². The minimum atomic E-state index is -1.14. The van der Waals surface area contributed by atoms with E-state index in [-0.39, 0.29) is 42.3 Å². The molecule has 2 aromatic carbocycles. The summed E-state index contributed by atoms with van der Waals surface area (Å²) in [6.45, 7) is 5.55. The molecule has 1 unspecified atom stereocenters. The molecule has 8 nitrogen and oxygen atoms in total. The highest BCUT2D eigenvalue weighted by molar-refractivity contribution is 6.31. The number of aromatic hydroxyl groups is 1. The molecular formula is C27H30ClFN4O4. The van der Waals surface area contributed by atoms with Crippen LogP contribution in [-0.2, 0) is 17.6 Å². The number of carbonyl (C=O) groups excluding carboxylic acids is 2. The monoisotopic (exact) mass is 528 g/mol. The van der Waals surface area contributed by atoms with Crippen molar-refractivity contribution in [2.75, 3.05) is 32.8 Å². The van der Waals surface area contributed by atoms with Crippen LogP contribution in [0.15, 0.2) is 36.4 Å². The molecule has 3 heterocycles. The van der Waals surface area contributed by atoms with Crippen LogP contribution < -0.4 is 0 Å². The highest BCUT2D eigenvalue weighted by Gasteiger charge is 2.59. The molecule has 5 rings (SSSR count). The molecule has 0 radical (unpaired) electrons. The van der Waals surface area contributed by atoms with Gasteiger partial charge < -0.3 is 20.1 Å². The van der Waals surface area contributed by atoms with Gasteiger partial charge in [-0.3, -0.25) is 14.6 Å². The third-order valence-corrected chi connectivity index (χ3v) is 7.95. The second-order valence-electron chi connectivity index (χ2n) is 9.94. The Morgan fingerprint density at radius 3 is 2.73 bits per heavy atom. The minimum Gasteiger partial charge on any atom is -0.508 e.